The number of aliphatic hydroxyl groups is 1. The van der Waals surface area contributed by atoms with Crippen LogP contribution in [0.1, 0.15) is 24.8 Å². The van der Waals surface area contributed by atoms with Gasteiger partial charge in [-0.3, -0.25) is 0 Å². The van der Waals surface area contributed by atoms with E-state index in [1.54, 1.807) is 6.07 Å². The van der Waals surface area contributed by atoms with Crippen LogP contribution in [-0.4, -0.2) is 28.9 Å². The molecule has 3 N–H and O–H groups in total. The third-order valence-corrected chi connectivity index (χ3v) is 3.41. The van der Waals surface area contributed by atoms with Crippen molar-refractivity contribution in [3.63, 3.8) is 0 Å². The van der Waals surface area contributed by atoms with Crippen molar-refractivity contribution in [2.45, 2.75) is 31.2 Å². The van der Waals surface area contributed by atoms with E-state index in [2.05, 4.69) is 5.32 Å². The van der Waals surface area contributed by atoms with Crippen LogP contribution >= 0.6 is 0 Å². The van der Waals surface area contributed by atoms with E-state index in [1.807, 2.05) is 18.2 Å². The summed E-state index contributed by atoms with van der Waals surface area (Å²) in [6.45, 7) is 1.08. The summed E-state index contributed by atoms with van der Waals surface area (Å²) in [6, 6.07) is 7.36. The molecule has 1 saturated heterocycles. The Kier molecular flexibility index (Phi) is 3.46. The molecule has 1 fully saturated rings. The molecule has 3 nitrogen and oxygen atoms in total. The number of benzene rings is 1. The number of hydrogen-bond donors (Lipinski definition) is 3. The van der Waals surface area contributed by atoms with Crippen molar-refractivity contribution >= 4 is 0 Å². The molecule has 16 heavy (non-hydrogen) atoms. The predicted octanol–water partition coefficient (Wildman–Crippen LogP) is 1.44. The molecule has 0 bridgehead atoms. The maximum Gasteiger partial charge on any atom is 0.118 e. The van der Waals surface area contributed by atoms with Crippen LogP contribution in [0.5, 0.6) is 5.75 Å². The van der Waals surface area contributed by atoms with Crippen molar-refractivity contribution in [3.8, 4) is 5.75 Å². The molecule has 0 saturated carbocycles. The molecule has 1 aromatic carbocycles. The highest BCUT2D eigenvalue weighted by atomic mass is 16.3. The van der Waals surface area contributed by atoms with Gasteiger partial charge in [0.15, 0.2) is 0 Å². The van der Waals surface area contributed by atoms with Gasteiger partial charge >= 0.3 is 0 Å². The van der Waals surface area contributed by atoms with Gasteiger partial charge in [0.25, 0.3) is 0 Å². The summed E-state index contributed by atoms with van der Waals surface area (Å²) in [4.78, 5) is 0. The summed E-state index contributed by atoms with van der Waals surface area (Å²) in [5.74, 6) is 0.322. The van der Waals surface area contributed by atoms with Gasteiger partial charge in [-0.1, -0.05) is 24.6 Å². The quantitative estimate of drug-likeness (QED) is 0.724. The smallest absolute Gasteiger partial charge is 0.118 e. The van der Waals surface area contributed by atoms with Gasteiger partial charge in [-0.25, -0.2) is 0 Å². The maximum atomic E-state index is 9.74. The Bertz CT molecular complexity index is 346. The number of piperidine rings is 1. The number of hydrogen-bond acceptors (Lipinski definition) is 3. The van der Waals surface area contributed by atoms with Crippen LogP contribution in [0.15, 0.2) is 24.3 Å². The first-order valence-electron chi connectivity index (χ1n) is 5.88. The molecule has 0 aromatic heterocycles. The molecule has 1 heterocycles. The number of rotatable bonds is 3. The molecule has 0 amide bonds. The molecule has 0 radical (unpaired) electrons. The minimum absolute atomic E-state index is 0.126. The van der Waals surface area contributed by atoms with Gasteiger partial charge in [-0.15, -0.1) is 0 Å². The van der Waals surface area contributed by atoms with Crippen LogP contribution in [0.3, 0.4) is 0 Å². The summed E-state index contributed by atoms with van der Waals surface area (Å²) in [5.41, 5.74) is 0.669. The highest BCUT2D eigenvalue weighted by molar-refractivity contribution is 5.33. The van der Waals surface area contributed by atoms with Crippen molar-refractivity contribution in [3.05, 3.63) is 29.8 Å². The monoisotopic (exact) mass is 221 g/mol. The average molecular weight is 221 g/mol. The molecule has 1 aliphatic rings. The Labute approximate surface area is 96.1 Å². The van der Waals surface area contributed by atoms with E-state index in [1.165, 1.54) is 6.42 Å². The molecular formula is C13H19NO2. The molecule has 0 spiro atoms. The SMILES string of the molecule is OCC1(Cc2ccccc2O)CCCCN1. The van der Waals surface area contributed by atoms with Gasteiger partial charge in [0.1, 0.15) is 5.75 Å². The van der Waals surface area contributed by atoms with Crippen LogP contribution in [0.4, 0.5) is 0 Å². The number of para-hydroxylation sites is 1. The topological polar surface area (TPSA) is 52.5 Å². The molecule has 88 valence electrons. The number of aromatic hydroxyl groups is 1. The minimum Gasteiger partial charge on any atom is -0.508 e. The first-order valence-corrected chi connectivity index (χ1v) is 5.88. The molecule has 1 aromatic rings. The summed E-state index contributed by atoms with van der Waals surface area (Å²) in [6.07, 6.45) is 3.97. The number of phenols is 1. The molecule has 1 aliphatic heterocycles. The Balaban J connectivity index is 2.15. The summed E-state index contributed by atoms with van der Waals surface area (Å²) in [5, 5.41) is 22.7. The number of nitrogens with one attached hydrogen (secondary N) is 1. The van der Waals surface area contributed by atoms with Crippen LogP contribution in [0, 0.1) is 0 Å². The fraction of sp³-hybridized carbons (Fsp3) is 0.538. The van der Waals surface area contributed by atoms with Crippen molar-refractivity contribution < 1.29 is 10.2 Å². The van der Waals surface area contributed by atoms with E-state index in [0.717, 1.165) is 24.9 Å². The van der Waals surface area contributed by atoms with Gasteiger partial charge in [-0.05, 0) is 37.4 Å². The zero-order chi connectivity index (χ0) is 11.4. The van der Waals surface area contributed by atoms with Crippen LogP contribution in [-0.2, 0) is 6.42 Å². The van der Waals surface area contributed by atoms with Crippen LogP contribution in [0.25, 0.3) is 0 Å². The van der Waals surface area contributed by atoms with Gasteiger partial charge in [0.2, 0.25) is 0 Å². The molecule has 1 atom stereocenters. The summed E-state index contributed by atoms with van der Waals surface area (Å²) >= 11 is 0. The largest absolute Gasteiger partial charge is 0.508 e. The fourth-order valence-electron chi connectivity index (χ4n) is 2.40. The zero-order valence-electron chi connectivity index (χ0n) is 9.45. The Hall–Kier alpha value is -1.06. The second-order valence-electron chi connectivity index (χ2n) is 4.63. The average Bonchev–Trinajstić information content (AvgIpc) is 2.33. The predicted molar refractivity (Wildman–Crippen MR) is 63.5 cm³/mol. The third kappa shape index (κ3) is 2.36. The first kappa shape index (κ1) is 11.4. The van der Waals surface area contributed by atoms with E-state index >= 15 is 0 Å². The van der Waals surface area contributed by atoms with Crippen molar-refractivity contribution in [2.75, 3.05) is 13.2 Å². The van der Waals surface area contributed by atoms with E-state index in [0.29, 0.717) is 12.2 Å². The summed E-state index contributed by atoms with van der Waals surface area (Å²) in [7, 11) is 0. The van der Waals surface area contributed by atoms with Gasteiger partial charge in [0.05, 0.1) is 6.61 Å². The lowest BCUT2D eigenvalue weighted by Crippen LogP contribution is -2.53. The highest BCUT2D eigenvalue weighted by Crippen LogP contribution is 2.27. The summed E-state index contributed by atoms with van der Waals surface area (Å²) < 4.78 is 0. The normalized spacial score (nSPS) is 25.6. The van der Waals surface area contributed by atoms with E-state index in [9.17, 15) is 10.2 Å². The van der Waals surface area contributed by atoms with E-state index in [-0.39, 0.29) is 12.1 Å². The maximum absolute atomic E-state index is 9.74. The number of phenolic OH excluding ortho intramolecular Hbond substituents is 1. The number of aliphatic hydroxyl groups excluding tert-OH is 1. The van der Waals surface area contributed by atoms with Crippen molar-refractivity contribution in [1.82, 2.24) is 5.32 Å². The lowest BCUT2D eigenvalue weighted by molar-refractivity contribution is 0.131. The van der Waals surface area contributed by atoms with Crippen molar-refractivity contribution in [2.24, 2.45) is 0 Å². The van der Waals surface area contributed by atoms with Gasteiger partial charge in [-0.2, -0.15) is 0 Å². The zero-order valence-corrected chi connectivity index (χ0v) is 9.45. The second kappa shape index (κ2) is 4.85. The molecule has 0 aliphatic carbocycles. The van der Waals surface area contributed by atoms with E-state index < -0.39 is 0 Å². The van der Waals surface area contributed by atoms with Crippen LogP contribution < -0.4 is 5.32 Å². The van der Waals surface area contributed by atoms with Crippen molar-refractivity contribution in [1.29, 1.82) is 0 Å². The molecule has 1 unspecified atom stereocenters. The Morgan fingerprint density at radius 2 is 2.06 bits per heavy atom. The molecular weight excluding hydrogens is 202 g/mol. The minimum atomic E-state index is -0.239. The highest BCUT2D eigenvalue weighted by Gasteiger charge is 2.31. The second-order valence-corrected chi connectivity index (χ2v) is 4.63. The standard InChI is InChI=1S/C13H19NO2/c15-10-13(7-3-4-8-14-13)9-11-5-1-2-6-12(11)16/h1-2,5-6,14-16H,3-4,7-10H2. The van der Waals surface area contributed by atoms with Crippen LogP contribution in [0.2, 0.25) is 0 Å². The van der Waals surface area contributed by atoms with E-state index in [4.69, 9.17) is 0 Å². The Morgan fingerprint density at radius 1 is 1.25 bits per heavy atom. The van der Waals surface area contributed by atoms with Gasteiger partial charge in [0, 0.05) is 5.54 Å². The molecule has 3 heteroatoms. The lowest BCUT2D eigenvalue weighted by Gasteiger charge is -2.37. The fourth-order valence-corrected chi connectivity index (χ4v) is 2.40. The van der Waals surface area contributed by atoms with Gasteiger partial charge < -0.3 is 15.5 Å². The first-order chi connectivity index (χ1) is 7.76. The molecule has 2 rings (SSSR count). The third-order valence-electron chi connectivity index (χ3n) is 3.41. The lowest BCUT2D eigenvalue weighted by atomic mass is 9.83. The Morgan fingerprint density at radius 3 is 2.69 bits per heavy atom.